The van der Waals surface area contributed by atoms with Crippen LogP contribution in [0.2, 0.25) is 0 Å². The van der Waals surface area contributed by atoms with Crippen molar-refractivity contribution in [1.82, 2.24) is 0 Å². The van der Waals surface area contributed by atoms with Crippen molar-refractivity contribution in [1.29, 1.82) is 0 Å². The Morgan fingerprint density at radius 2 is 1.56 bits per heavy atom. The zero-order valence-electron chi connectivity index (χ0n) is 15.1. The van der Waals surface area contributed by atoms with E-state index in [-0.39, 0.29) is 11.5 Å². The molecule has 0 aromatic heterocycles. The second kappa shape index (κ2) is 6.31. The van der Waals surface area contributed by atoms with Gasteiger partial charge in [0.25, 0.3) is 0 Å². The predicted octanol–water partition coefficient (Wildman–Crippen LogP) is 5.50. The first kappa shape index (κ1) is 16.2. The molecule has 0 saturated heterocycles. The zero-order valence-corrected chi connectivity index (χ0v) is 15.1. The van der Waals surface area contributed by atoms with E-state index in [0.717, 1.165) is 19.3 Å². The van der Waals surface area contributed by atoms with Crippen molar-refractivity contribution < 1.29 is 0 Å². The lowest BCUT2D eigenvalue weighted by atomic mass is 9.68. The Hall–Kier alpha value is -3.00. The van der Waals surface area contributed by atoms with Crippen molar-refractivity contribution in [3.8, 4) is 0 Å². The van der Waals surface area contributed by atoms with Crippen molar-refractivity contribution >= 4 is 6.08 Å². The first-order valence-electron chi connectivity index (χ1n) is 9.55. The summed E-state index contributed by atoms with van der Waals surface area (Å²) in [5, 5.41) is 3.67. The molecule has 0 spiro atoms. The minimum Gasteiger partial charge on any atom is -0.150 e. The number of nitrogens with zero attached hydrogens (tertiary/aromatic N) is 1. The van der Waals surface area contributed by atoms with E-state index in [1.165, 1.54) is 33.4 Å². The van der Waals surface area contributed by atoms with Crippen LogP contribution in [0.15, 0.2) is 89.6 Å². The molecule has 3 aromatic carbocycles. The molecule has 0 radical (unpaired) electrons. The van der Waals surface area contributed by atoms with Crippen molar-refractivity contribution in [2.75, 3.05) is 0 Å². The Morgan fingerprint density at radius 3 is 2.33 bits per heavy atom. The Morgan fingerprint density at radius 1 is 0.852 bits per heavy atom. The van der Waals surface area contributed by atoms with Gasteiger partial charge in [0.05, 0.1) is 0 Å². The van der Waals surface area contributed by atoms with Gasteiger partial charge < -0.3 is 0 Å². The molecule has 2 unspecified atom stereocenters. The molecule has 5 rings (SSSR count). The van der Waals surface area contributed by atoms with Crippen LogP contribution in [-0.4, -0.2) is 6.04 Å². The second-order valence-corrected chi connectivity index (χ2v) is 7.66. The van der Waals surface area contributed by atoms with E-state index in [0.29, 0.717) is 0 Å². The van der Waals surface area contributed by atoms with Crippen LogP contribution in [0.1, 0.15) is 27.8 Å². The molecule has 2 heteroatoms. The average Bonchev–Trinajstić information content (AvgIpc) is 3.29. The summed E-state index contributed by atoms with van der Waals surface area (Å²) in [6.07, 6.45) is 4.73. The van der Waals surface area contributed by atoms with Crippen LogP contribution in [-0.2, 0) is 24.7 Å². The molecule has 0 fully saturated rings. The third-order valence-electron chi connectivity index (χ3n) is 6.27. The van der Waals surface area contributed by atoms with Gasteiger partial charge >= 0.3 is 0 Å². The predicted molar refractivity (Wildman–Crippen MR) is 110 cm³/mol. The first-order chi connectivity index (χ1) is 13.3. The average molecular weight is 351 g/mol. The lowest BCUT2D eigenvalue weighted by Gasteiger charge is -2.35. The van der Waals surface area contributed by atoms with Crippen molar-refractivity contribution in [3.05, 3.63) is 117 Å². The number of hydrogen-bond acceptors (Lipinski definition) is 2. The topological polar surface area (TPSA) is 29.4 Å². The Kier molecular flexibility index (Phi) is 3.78. The largest absolute Gasteiger partial charge is 0.150 e. The molecule has 0 heterocycles. The normalized spacial score (nSPS) is 22.8. The molecular formula is C25H21NO. The molecule has 0 saturated carbocycles. The maximum absolute atomic E-state index is 12.0. The third-order valence-corrected chi connectivity index (χ3v) is 6.27. The van der Waals surface area contributed by atoms with Gasteiger partial charge in [0.15, 0.2) is 0 Å². The molecule has 132 valence electrons. The monoisotopic (exact) mass is 351 g/mol. The van der Waals surface area contributed by atoms with Crippen molar-refractivity contribution in [2.45, 2.75) is 30.7 Å². The van der Waals surface area contributed by atoms with Crippen LogP contribution in [0, 0.1) is 4.91 Å². The van der Waals surface area contributed by atoms with Crippen LogP contribution in [0.3, 0.4) is 0 Å². The van der Waals surface area contributed by atoms with Crippen molar-refractivity contribution in [3.63, 3.8) is 0 Å². The van der Waals surface area contributed by atoms with E-state index >= 15 is 0 Å². The number of rotatable bonds is 4. The van der Waals surface area contributed by atoms with Crippen LogP contribution in [0.25, 0.3) is 6.08 Å². The highest BCUT2D eigenvalue weighted by Gasteiger charge is 2.51. The van der Waals surface area contributed by atoms with Gasteiger partial charge in [0.1, 0.15) is 6.04 Å². The minimum absolute atomic E-state index is 0.268. The van der Waals surface area contributed by atoms with Crippen LogP contribution < -0.4 is 0 Å². The molecule has 3 aromatic rings. The summed E-state index contributed by atoms with van der Waals surface area (Å²) >= 11 is 0. The summed E-state index contributed by atoms with van der Waals surface area (Å²) in [6, 6.07) is 27.3. The van der Waals surface area contributed by atoms with Gasteiger partial charge in [-0.2, -0.15) is 4.91 Å². The molecule has 2 nitrogen and oxygen atoms in total. The van der Waals surface area contributed by atoms with E-state index in [4.69, 9.17) is 0 Å². The maximum atomic E-state index is 12.0. The Balaban J connectivity index is 1.71. The number of fused-ring (bicyclic) bond motifs is 2. The molecule has 2 aliphatic carbocycles. The van der Waals surface area contributed by atoms with Crippen molar-refractivity contribution in [2.24, 2.45) is 5.18 Å². The highest BCUT2D eigenvalue weighted by atomic mass is 16.3. The quantitative estimate of drug-likeness (QED) is 0.571. The molecule has 0 amide bonds. The fourth-order valence-electron chi connectivity index (χ4n) is 5.02. The van der Waals surface area contributed by atoms with Gasteiger partial charge in [0, 0.05) is 5.41 Å². The molecule has 2 atom stereocenters. The van der Waals surface area contributed by atoms with Gasteiger partial charge in [0.2, 0.25) is 0 Å². The van der Waals surface area contributed by atoms with Gasteiger partial charge in [-0.3, -0.25) is 0 Å². The number of hydrogen-bond donors (Lipinski definition) is 0. The lowest BCUT2D eigenvalue weighted by Crippen LogP contribution is -2.39. The van der Waals surface area contributed by atoms with Crippen LogP contribution in [0.4, 0.5) is 0 Å². The summed E-state index contributed by atoms with van der Waals surface area (Å²) < 4.78 is 0. The zero-order chi connectivity index (χ0) is 18.3. The summed E-state index contributed by atoms with van der Waals surface area (Å²) in [7, 11) is 0. The molecule has 2 aliphatic rings. The smallest absolute Gasteiger partial charge is 0.110 e. The fourth-order valence-corrected chi connectivity index (χ4v) is 5.02. The first-order valence-corrected chi connectivity index (χ1v) is 9.55. The van der Waals surface area contributed by atoms with Gasteiger partial charge in [-0.25, -0.2) is 0 Å². The summed E-state index contributed by atoms with van der Waals surface area (Å²) in [5.74, 6) is 0. The van der Waals surface area contributed by atoms with E-state index in [1.807, 2.05) is 6.07 Å². The van der Waals surface area contributed by atoms with Gasteiger partial charge in [-0.1, -0.05) is 95.7 Å². The third kappa shape index (κ3) is 2.48. The van der Waals surface area contributed by atoms with Crippen LogP contribution in [0.5, 0.6) is 0 Å². The summed E-state index contributed by atoms with van der Waals surface area (Å²) in [4.78, 5) is 12.0. The SMILES string of the molecule is O=NC1Cc2ccccc2C1(Cc1ccccc1)C1=Cc2ccccc2C1. The highest BCUT2D eigenvalue weighted by molar-refractivity contribution is 5.69. The molecule has 27 heavy (non-hydrogen) atoms. The Labute approximate surface area is 159 Å². The second-order valence-electron chi connectivity index (χ2n) is 7.66. The maximum Gasteiger partial charge on any atom is 0.110 e. The minimum atomic E-state index is -0.362. The summed E-state index contributed by atoms with van der Waals surface area (Å²) in [6.45, 7) is 0. The van der Waals surface area contributed by atoms with E-state index < -0.39 is 0 Å². The Bertz CT molecular complexity index is 1040. The van der Waals surface area contributed by atoms with E-state index in [1.54, 1.807) is 0 Å². The standard InChI is InChI=1S/C25H21NO/c27-26-24-16-21-12-6-7-13-23(21)25(24,17-18-8-2-1-3-9-18)22-14-19-10-4-5-11-20(19)15-22/h1-14,24H,15-17H2. The molecule has 0 aliphatic heterocycles. The lowest BCUT2D eigenvalue weighted by molar-refractivity contribution is 0.424. The van der Waals surface area contributed by atoms with Gasteiger partial charge in [-0.15, -0.1) is 0 Å². The van der Waals surface area contributed by atoms with E-state index in [2.05, 4.69) is 84.0 Å². The number of benzene rings is 3. The molecular weight excluding hydrogens is 330 g/mol. The number of nitroso groups, excluding NO2 is 1. The molecule has 0 bridgehead atoms. The fraction of sp³-hybridized carbons (Fsp3) is 0.200. The van der Waals surface area contributed by atoms with Gasteiger partial charge in [-0.05, 0) is 47.1 Å². The summed E-state index contributed by atoms with van der Waals surface area (Å²) in [5.41, 5.74) is 7.36. The molecule has 0 N–H and O–H groups in total. The highest BCUT2D eigenvalue weighted by Crippen LogP contribution is 2.51. The van der Waals surface area contributed by atoms with Crippen LogP contribution >= 0.6 is 0 Å². The van der Waals surface area contributed by atoms with E-state index in [9.17, 15) is 4.91 Å².